The van der Waals surface area contributed by atoms with E-state index in [9.17, 15) is 5.11 Å². The molecule has 1 aliphatic heterocycles. The molecule has 0 amide bonds. The second kappa shape index (κ2) is 4.32. The number of aliphatic hydroxyl groups excluding tert-OH is 1. The van der Waals surface area contributed by atoms with Gasteiger partial charge in [0.05, 0.1) is 6.61 Å². The summed E-state index contributed by atoms with van der Waals surface area (Å²) in [5.74, 6) is 0. The minimum absolute atomic E-state index is 0.0670. The standard InChI is InChI=1S/C15H14O2/c16-10-12-8-4-5-9-13(12)15-14(17-15)11-6-2-1-3-7-11/h1-9,14-16H,10H2/t14-,15+/m0/s1. The van der Waals surface area contributed by atoms with Gasteiger partial charge in [-0.15, -0.1) is 0 Å². The van der Waals surface area contributed by atoms with Crippen molar-refractivity contribution < 1.29 is 9.84 Å². The Labute approximate surface area is 100 Å². The maximum Gasteiger partial charge on any atom is 0.114 e. The van der Waals surface area contributed by atoms with Crippen LogP contribution in [0, 0.1) is 0 Å². The van der Waals surface area contributed by atoms with Crippen LogP contribution in [0.3, 0.4) is 0 Å². The maximum absolute atomic E-state index is 9.30. The molecule has 2 aromatic carbocycles. The predicted molar refractivity (Wildman–Crippen MR) is 65.4 cm³/mol. The molecule has 1 heterocycles. The molecule has 2 heteroatoms. The normalized spacial score (nSPS) is 22.4. The van der Waals surface area contributed by atoms with Gasteiger partial charge in [-0.3, -0.25) is 0 Å². The van der Waals surface area contributed by atoms with Gasteiger partial charge in [0.1, 0.15) is 12.2 Å². The van der Waals surface area contributed by atoms with Crippen LogP contribution in [-0.4, -0.2) is 5.11 Å². The van der Waals surface area contributed by atoms with Crippen LogP contribution in [0.5, 0.6) is 0 Å². The first-order valence-electron chi connectivity index (χ1n) is 5.79. The van der Waals surface area contributed by atoms with Gasteiger partial charge in [0.25, 0.3) is 0 Å². The fourth-order valence-electron chi connectivity index (χ4n) is 2.20. The molecule has 1 N–H and O–H groups in total. The van der Waals surface area contributed by atoms with Crippen LogP contribution >= 0.6 is 0 Å². The van der Waals surface area contributed by atoms with E-state index in [1.54, 1.807) is 0 Å². The summed E-state index contributed by atoms with van der Waals surface area (Å²) in [5.41, 5.74) is 3.25. The van der Waals surface area contributed by atoms with Crippen molar-refractivity contribution in [3.63, 3.8) is 0 Å². The molecule has 2 nitrogen and oxygen atoms in total. The third-order valence-corrected chi connectivity index (χ3v) is 3.15. The molecule has 1 saturated heterocycles. The van der Waals surface area contributed by atoms with Gasteiger partial charge in [-0.1, -0.05) is 54.6 Å². The van der Waals surface area contributed by atoms with Gasteiger partial charge >= 0.3 is 0 Å². The van der Waals surface area contributed by atoms with Crippen molar-refractivity contribution in [1.82, 2.24) is 0 Å². The molecular formula is C15H14O2. The van der Waals surface area contributed by atoms with E-state index in [0.717, 1.165) is 11.1 Å². The molecule has 1 aliphatic rings. The van der Waals surface area contributed by atoms with E-state index in [1.807, 2.05) is 42.5 Å². The van der Waals surface area contributed by atoms with Crippen molar-refractivity contribution in [3.05, 3.63) is 71.3 Å². The number of ether oxygens (including phenoxy) is 1. The molecule has 1 fully saturated rings. The van der Waals surface area contributed by atoms with Crippen LogP contribution < -0.4 is 0 Å². The summed E-state index contributed by atoms with van der Waals surface area (Å²) in [6, 6.07) is 18.1. The van der Waals surface area contributed by atoms with Gasteiger partial charge in [-0.05, 0) is 16.7 Å². The summed E-state index contributed by atoms with van der Waals surface area (Å²) in [6.07, 6.45) is 0.240. The van der Waals surface area contributed by atoms with Gasteiger partial charge in [0.15, 0.2) is 0 Å². The largest absolute Gasteiger partial charge is 0.392 e. The number of epoxide rings is 1. The Morgan fingerprint density at radius 2 is 1.59 bits per heavy atom. The van der Waals surface area contributed by atoms with E-state index in [2.05, 4.69) is 12.1 Å². The number of hydrogen-bond donors (Lipinski definition) is 1. The van der Waals surface area contributed by atoms with E-state index in [4.69, 9.17) is 4.74 Å². The third kappa shape index (κ3) is 1.97. The van der Waals surface area contributed by atoms with Crippen LogP contribution in [0.1, 0.15) is 28.9 Å². The number of hydrogen-bond acceptors (Lipinski definition) is 2. The topological polar surface area (TPSA) is 32.8 Å². The summed E-state index contributed by atoms with van der Waals surface area (Å²) in [7, 11) is 0. The lowest BCUT2D eigenvalue weighted by atomic mass is 10.0. The van der Waals surface area contributed by atoms with E-state index >= 15 is 0 Å². The average molecular weight is 226 g/mol. The summed E-state index contributed by atoms with van der Waals surface area (Å²) >= 11 is 0. The fraction of sp³-hybridized carbons (Fsp3) is 0.200. The molecule has 0 radical (unpaired) electrons. The van der Waals surface area contributed by atoms with Crippen molar-refractivity contribution >= 4 is 0 Å². The third-order valence-electron chi connectivity index (χ3n) is 3.15. The smallest absolute Gasteiger partial charge is 0.114 e. The highest BCUT2D eigenvalue weighted by atomic mass is 16.6. The lowest BCUT2D eigenvalue weighted by Gasteiger charge is -2.03. The van der Waals surface area contributed by atoms with Crippen molar-refractivity contribution in [2.24, 2.45) is 0 Å². The average Bonchev–Trinajstić information content (AvgIpc) is 3.20. The van der Waals surface area contributed by atoms with Gasteiger partial charge in [-0.25, -0.2) is 0 Å². The SMILES string of the molecule is OCc1ccccc1[C@H]1O[C@H]1c1ccccc1. The van der Waals surface area contributed by atoms with Crippen LogP contribution in [0.25, 0.3) is 0 Å². The number of benzene rings is 2. The van der Waals surface area contributed by atoms with Gasteiger partial charge in [0, 0.05) is 0 Å². The van der Waals surface area contributed by atoms with Gasteiger partial charge in [-0.2, -0.15) is 0 Å². The van der Waals surface area contributed by atoms with Crippen molar-refractivity contribution in [1.29, 1.82) is 0 Å². The van der Waals surface area contributed by atoms with E-state index < -0.39 is 0 Å². The molecular weight excluding hydrogens is 212 g/mol. The zero-order valence-electron chi connectivity index (χ0n) is 9.41. The molecule has 0 bridgehead atoms. The first-order valence-corrected chi connectivity index (χ1v) is 5.79. The van der Waals surface area contributed by atoms with Gasteiger partial charge < -0.3 is 9.84 Å². The lowest BCUT2D eigenvalue weighted by molar-refractivity contribution is 0.278. The molecule has 0 spiro atoms. The Hall–Kier alpha value is -1.64. The minimum atomic E-state index is 0.0670. The second-order valence-corrected chi connectivity index (χ2v) is 4.24. The first kappa shape index (κ1) is 10.5. The maximum atomic E-state index is 9.30. The summed E-state index contributed by atoms with van der Waals surface area (Å²) < 4.78 is 5.72. The number of aliphatic hydroxyl groups is 1. The number of rotatable bonds is 3. The first-order chi connectivity index (χ1) is 8.40. The Balaban J connectivity index is 1.85. The fourth-order valence-corrected chi connectivity index (χ4v) is 2.20. The van der Waals surface area contributed by atoms with Crippen LogP contribution in [-0.2, 0) is 11.3 Å². The Kier molecular flexibility index (Phi) is 2.67. The second-order valence-electron chi connectivity index (χ2n) is 4.24. The van der Waals surface area contributed by atoms with Crippen LogP contribution in [0.2, 0.25) is 0 Å². The molecule has 0 aromatic heterocycles. The van der Waals surface area contributed by atoms with Crippen LogP contribution in [0.15, 0.2) is 54.6 Å². The minimum Gasteiger partial charge on any atom is -0.392 e. The van der Waals surface area contributed by atoms with E-state index in [0.29, 0.717) is 0 Å². The van der Waals surface area contributed by atoms with Crippen molar-refractivity contribution in [3.8, 4) is 0 Å². The zero-order chi connectivity index (χ0) is 11.7. The van der Waals surface area contributed by atoms with E-state index in [-0.39, 0.29) is 18.8 Å². The molecule has 0 saturated carbocycles. The lowest BCUT2D eigenvalue weighted by Crippen LogP contribution is -1.92. The molecule has 0 aliphatic carbocycles. The summed E-state index contributed by atoms with van der Waals surface area (Å²) in [5, 5.41) is 9.30. The van der Waals surface area contributed by atoms with Crippen LogP contribution in [0.4, 0.5) is 0 Å². The quantitative estimate of drug-likeness (QED) is 0.816. The summed E-state index contributed by atoms with van der Waals surface area (Å²) in [6.45, 7) is 0.0670. The molecule has 2 atom stereocenters. The van der Waals surface area contributed by atoms with Crippen molar-refractivity contribution in [2.45, 2.75) is 18.8 Å². The highest BCUT2D eigenvalue weighted by Crippen LogP contribution is 2.51. The summed E-state index contributed by atoms with van der Waals surface area (Å²) in [4.78, 5) is 0. The molecule has 2 aromatic rings. The molecule has 17 heavy (non-hydrogen) atoms. The Bertz CT molecular complexity index is 507. The molecule has 3 rings (SSSR count). The zero-order valence-corrected chi connectivity index (χ0v) is 9.41. The molecule has 86 valence electrons. The van der Waals surface area contributed by atoms with Gasteiger partial charge in [0.2, 0.25) is 0 Å². The highest BCUT2D eigenvalue weighted by molar-refractivity contribution is 5.35. The highest BCUT2D eigenvalue weighted by Gasteiger charge is 2.42. The van der Waals surface area contributed by atoms with Crippen molar-refractivity contribution in [2.75, 3.05) is 0 Å². The molecule has 0 unspecified atom stereocenters. The monoisotopic (exact) mass is 226 g/mol. The Morgan fingerprint density at radius 1 is 0.882 bits per heavy atom. The Morgan fingerprint density at radius 3 is 2.35 bits per heavy atom. The van der Waals surface area contributed by atoms with E-state index in [1.165, 1.54) is 5.56 Å². The predicted octanol–water partition coefficient (Wildman–Crippen LogP) is 2.99.